The maximum absolute atomic E-state index is 13.4. The van der Waals surface area contributed by atoms with Crippen LogP contribution in [0.25, 0.3) is 28.3 Å². The zero-order chi connectivity index (χ0) is 22.5. The fourth-order valence-electron chi connectivity index (χ4n) is 5.10. The molecule has 0 N–H and O–H groups in total. The number of benzene rings is 1. The summed E-state index contributed by atoms with van der Waals surface area (Å²) in [5, 5.41) is 8.59. The molecule has 0 radical (unpaired) electrons. The van der Waals surface area contributed by atoms with Gasteiger partial charge in [0.1, 0.15) is 18.0 Å². The smallest absolute Gasteiger partial charge is 0.185 e. The Hall–Kier alpha value is -3.17. The van der Waals surface area contributed by atoms with E-state index in [1.807, 2.05) is 22.9 Å². The third-order valence-corrected chi connectivity index (χ3v) is 6.64. The number of anilines is 1. The van der Waals surface area contributed by atoms with Crippen molar-refractivity contribution in [2.24, 2.45) is 5.92 Å². The van der Waals surface area contributed by atoms with Crippen molar-refractivity contribution >= 4 is 19.3 Å². The fraction of sp³-hybridized carbons (Fsp3) is 0.320. The van der Waals surface area contributed by atoms with E-state index < -0.39 is 0 Å². The number of halogens is 1. The summed E-state index contributed by atoms with van der Waals surface area (Å²) in [4.78, 5) is 9.48. The second kappa shape index (κ2) is 8.88. The Morgan fingerprint density at radius 3 is 2.74 bits per heavy atom. The van der Waals surface area contributed by atoms with E-state index in [9.17, 15) is 4.39 Å². The van der Waals surface area contributed by atoms with E-state index in [1.165, 1.54) is 24.1 Å². The lowest BCUT2D eigenvalue weighted by molar-refractivity contribution is 0.340. The number of fused-ring (bicyclic) bond motifs is 5. The van der Waals surface area contributed by atoms with Gasteiger partial charge >= 0.3 is 0 Å². The molecule has 2 aliphatic heterocycles. The van der Waals surface area contributed by atoms with Crippen LogP contribution in [0.4, 0.5) is 10.2 Å². The summed E-state index contributed by atoms with van der Waals surface area (Å²) >= 11 is 0. The second-order valence-electron chi connectivity index (χ2n) is 9.31. The third kappa shape index (κ3) is 3.99. The third-order valence-electron chi connectivity index (χ3n) is 6.64. The Bertz CT molecular complexity index is 1310. The zero-order valence-electron chi connectivity index (χ0n) is 19.3. The lowest BCUT2D eigenvalue weighted by atomic mass is 10.1. The van der Waals surface area contributed by atoms with Gasteiger partial charge in [-0.3, -0.25) is 4.57 Å². The summed E-state index contributed by atoms with van der Waals surface area (Å²) < 4.78 is 17.6. The fourth-order valence-corrected chi connectivity index (χ4v) is 5.10. The van der Waals surface area contributed by atoms with E-state index >= 15 is 0 Å². The van der Waals surface area contributed by atoms with Gasteiger partial charge in [-0.1, -0.05) is 12.1 Å². The molecule has 1 aromatic carbocycles. The number of aromatic nitrogens is 5. The van der Waals surface area contributed by atoms with Crippen molar-refractivity contribution < 1.29 is 4.39 Å². The SMILES string of the molecule is CN(C)C[C@@H]1CCN(c2cc3c(cn2)-n2cnnc2-c2cc(-c4ccc(F)cc4)cn2C3)C1.S. The van der Waals surface area contributed by atoms with Gasteiger partial charge in [-0.05, 0) is 56.3 Å². The average Bonchev–Trinajstić information content (AvgIpc) is 3.53. The van der Waals surface area contributed by atoms with Crippen LogP contribution in [0, 0.1) is 11.7 Å². The highest BCUT2D eigenvalue weighted by Crippen LogP contribution is 2.34. The molecule has 0 spiro atoms. The number of hydrogen-bond donors (Lipinski definition) is 0. The van der Waals surface area contributed by atoms with Gasteiger partial charge < -0.3 is 14.4 Å². The molecule has 5 heterocycles. The first-order valence-corrected chi connectivity index (χ1v) is 11.3. The van der Waals surface area contributed by atoms with Crippen LogP contribution in [0.2, 0.25) is 0 Å². The molecule has 2 aliphatic rings. The van der Waals surface area contributed by atoms with Crippen LogP contribution in [0.3, 0.4) is 0 Å². The molecule has 0 saturated carbocycles. The first-order chi connectivity index (χ1) is 16.0. The molecular formula is C25H28FN7S. The van der Waals surface area contributed by atoms with Crippen molar-refractivity contribution in [3.8, 4) is 28.3 Å². The Morgan fingerprint density at radius 2 is 1.94 bits per heavy atom. The van der Waals surface area contributed by atoms with Gasteiger partial charge in [0.2, 0.25) is 0 Å². The first kappa shape index (κ1) is 22.6. The van der Waals surface area contributed by atoms with E-state index in [4.69, 9.17) is 4.98 Å². The number of hydrogen-bond acceptors (Lipinski definition) is 5. The minimum Gasteiger partial charge on any atom is -0.356 e. The Labute approximate surface area is 205 Å². The molecule has 0 unspecified atom stereocenters. The summed E-state index contributed by atoms with van der Waals surface area (Å²) in [5.41, 5.74) is 5.18. The predicted octanol–water partition coefficient (Wildman–Crippen LogP) is 3.80. The minimum absolute atomic E-state index is 0. The number of nitrogens with zero attached hydrogens (tertiary/aromatic N) is 7. The standard InChI is InChI=1S/C25H26FN7.H2S/c1-30(2)12-17-7-8-31(13-17)24-10-20-15-32-14-19(18-3-5-21(26)6-4-18)9-22(32)25-29-28-16-33(25)23(20)11-27-24;/h3-6,9-11,14,16-17H,7-8,12-13,15H2,1-2H3;1H2/t17-;/m0./s1. The van der Waals surface area contributed by atoms with E-state index in [0.717, 1.165) is 53.8 Å². The molecule has 6 rings (SSSR count). The normalized spacial score (nSPS) is 16.6. The quantitative estimate of drug-likeness (QED) is 0.394. The maximum Gasteiger partial charge on any atom is 0.185 e. The van der Waals surface area contributed by atoms with Crippen LogP contribution in [0.1, 0.15) is 12.0 Å². The minimum atomic E-state index is -0.233. The summed E-state index contributed by atoms with van der Waals surface area (Å²) in [6, 6.07) is 10.9. The largest absolute Gasteiger partial charge is 0.356 e. The van der Waals surface area contributed by atoms with Crippen LogP contribution in [-0.4, -0.2) is 62.9 Å². The first-order valence-electron chi connectivity index (χ1n) is 11.3. The van der Waals surface area contributed by atoms with Gasteiger partial charge in [-0.2, -0.15) is 13.5 Å². The highest BCUT2D eigenvalue weighted by molar-refractivity contribution is 7.59. The lowest BCUT2D eigenvalue weighted by Gasteiger charge is -2.20. The molecule has 1 fully saturated rings. The van der Waals surface area contributed by atoms with Crippen molar-refractivity contribution in [3.05, 3.63) is 66.5 Å². The van der Waals surface area contributed by atoms with Crippen LogP contribution in [0.15, 0.2) is 55.1 Å². The van der Waals surface area contributed by atoms with Gasteiger partial charge in [0.25, 0.3) is 0 Å². The lowest BCUT2D eigenvalue weighted by Crippen LogP contribution is -2.26. The van der Waals surface area contributed by atoms with Crippen molar-refractivity contribution in [1.29, 1.82) is 0 Å². The molecule has 34 heavy (non-hydrogen) atoms. The van der Waals surface area contributed by atoms with Gasteiger partial charge in [0.05, 0.1) is 17.6 Å². The highest BCUT2D eigenvalue weighted by Gasteiger charge is 2.27. The molecule has 0 amide bonds. The van der Waals surface area contributed by atoms with Gasteiger partial charge in [0.15, 0.2) is 5.82 Å². The average molecular weight is 478 g/mol. The predicted molar refractivity (Wildman–Crippen MR) is 136 cm³/mol. The monoisotopic (exact) mass is 477 g/mol. The van der Waals surface area contributed by atoms with E-state index in [0.29, 0.717) is 12.5 Å². The molecule has 0 bridgehead atoms. The Balaban J connectivity index is 0.00000241. The van der Waals surface area contributed by atoms with Crippen LogP contribution < -0.4 is 4.90 Å². The van der Waals surface area contributed by atoms with Crippen LogP contribution in [0.5, 0.6) is 0 Å². The molecule has 1 saturated heterocycles. The van der Waals surface area contributed by atoms with Crippen molar-refractivity contribution in [1.82, 2.24) is 29.2 Å². The summed E-state index contributed by atoms with van der Waals surface area (Å²) in [7, 11) is 4.27. The van der Waals surface area contributed by atoms with Gasteiger partial charge in [0, 0.05) is 43.5 Å². The molecule has 9 heteroatoms. The summed E-state index contributed by atoms with van der Waals surface area (Å²) in [6.07, 6.45) is 7.00. The van der Waals surface area contributed by atoms with Crippen LogP contribution >= 0.6 is 13.5 Å². The second-order valence-corrected chi connectivity index (χ2v) is 9.31. The molecule has 0 aliphatic carbocycles. The summed E-state index contributed by atoms with van der Waals surface area (Å²) in [5.74, 6) is 2.24. The van der Waals surface area contributed by atoms with E-state index in [2.05, 4.69) is 57.0 Å². The highest BCUT2D eigenvalue weighted by atomic mass is 32.1. The molecule has 7 nitrogen and oxygen atoms in total. The molecular weight excluding hydrogens is 449 g/mol. The molecule has 1 atom stereocenters. The van der Waals surface area contributed by atoms with E-state index in [-0.39, 0.29) is 19.3 Å². The van der Waals surface area contributed by atoms with Crippen molar-refractivity contribution in [2.45, 2.75) is 13.0 Å². The van der Waals surface area contributed by atoms with Crippen LogP contribution in [-0.2, 0) is 6.54 Å². The number of pyridine rings is 1. The molecule has 176 valence electrons. The van der Waals surface area contributed by atoms with Gasteiger partial charge in [-0.15, -0.1) is 10.2 Å². The topological polar surface area (TPSA) is 55.0 Å². The molecule has 4 aromatic rings. The number of rotatable bonds is 4. The Morgan fingerprint density at radius 1 is 1.12 bits per heavy atom. The zero-order valence-corrected chi connectivity index (χ0v) is 20.3. The van der Waals surface area contributed by atoms with E-state index in [1.54, 1.807) is 6.33 Å². The molecule has 3 aromatic heterocycles. The maximum atomic E-state index is 13.4. The Kier molecular flexibility index (Phi) is 5.91. The van der Waals surface area contributed by atoms with Crippen molar-refractivity contribution in [3.63, 3.8) is 0 Å². The van der Waals surface area contributed by atoms with Gasteiger partial charge in [-0.25, -0.2) is 9.37 Å². The summed E-state index contributed by atoms with van der Waals surface area (Å²) in [6.45, 7) is 3.88. The van der Waals surface area contributed by atoms with Crippen molar-refractivity contribution in [2.75, 3.05) is 38.6 Å².